The Morgan fingerprint density at radius 3 is 2.54 bits per heavy atom. The average molecular weight is 353 g/mol. The summed E-state index contributed by atoms with van der Waals surface area (Å²) < 4.78 is 5.99. The predicted octanol–water partition coefficient (Wildman–Crippen LogP) is 3.07. The van der Waals surface area contributed by atoms with E-state index in [2.05, 4.69) is 24.3 Å². The average Bonchev–Trinajstić information content (AvgIpc) is 3.11. The lowest BCUT2D eigenvalue weighted by atomic mass is 10.0. The van der Waals surface area contributed by atoms with E-state index in [1.54, 1.807) is 0 Å². The Hall–Kier alpha value is -2.40. The Morgan fingerprint density at radius 1 is 1.04 bits per heavy atom. The van der Waals surface area contributed by atoms with Gasteiger partial charge in [0.25, 0.3) is 0 Å². The van der Waals surface area contributed by atoms with Crippen LogP contribution in [0, 0.1) is 11.8 Å². The number of rotatable bonds is 5. The van der Waals surface area contributed by atoms with Crippen molar-refractivity contribution in [3.63, 3.8) is 0 Å². The molecule has 0 radical (unpaired) electrons. The summed E-state index contributed by atoms with van der Waals surface area (Å²) in [5, 5.41) is 11.5. The molecule has 2 aromatic rings. The quantitative estimate of drug-likeness (QED) is 0.897. The molecule has 1 saturated carbocycles. The molecule has 2 aliphatic rings. The summed E-state index contributed by atoms with van der Waals surface area (Å²) in [4.78, 5) is 25.3. The summed E-state index contributed by atoms with van der Waals surface area (Å²) in [6.07, 6.45) is 1.84. The predicted molar refractivity (Wildman–Crippen MR) is 97.6 cm³/mol. The van der Waals surface area contributed by atoms with Gasteiger partial charge in [0, 0.05) is 19.0 Å². The van der Waals surface area contributed by atoms with Gasteiger partial charge >= 0.3 is 5.97 Å². The molecule has 1 aliphatic heterocycles. The smallest absolute Gasteiger partial charge is 0.306 e. The Morgan fingerprint density at radius 2 is 1.77 bits per heavy atom. The monoisotopic (exact) mass is 353 g/mol. The number of hydrogen-bond acceptors (Lipinski definition) is 3. The third-order valence-electron chi connectivity index (χ3n) is 5.65. The molecule has 1 amide bonds. The van der Waals surface area contributed by atoms with E-state index in [0.29, 0.717) is 39.0 Å². The van der Waals surface area contributed by atoms with Crippen LogP contribution in [-0.2, 0) is 20.9 Å². The number of aliphatic carboxylic acids is 1. The number of carbonyl (C=O) groups is 2. The molecule has 1 N–H and O–H groups in total. The molecular weight excluding hydrogens is 330 g/mol. The molecular formula is C21H23NO4. The molecule has 1 saturated heterocycles. The second-order valence-corrected chi connectivity index (χ2v) is 7.36. The van der Waals surface area contributed by atoms with Gasteiger partial charge in [-0.1, -0.05) is 42.5 Å². The highest BCUT2D eigenvalue weighted by atomic mass is 16.5. The van der Waals surface area contributed by atoms with Gasteiger partial charge in [0.05, 0.1) is 18.6 Å². The molecule has 26 heavy (non-hydrogen) atoms. The summed E-state index contributed by atoms with van der Waals surface area (Å²) in [5.74, 6) is -1.17. The Bertz CT molecular complexity index is 822. The van der Waals surface area contributed by atoms with Gasteiger partial charge in [0.1, 0.15) is 0 Å². The zero-order chi connectivity index (χ0) is 18.1. The molecule has 0 bridgehead atoms. The van der Waals surface area contributed by atoms with Crippen molar-refractivity contribution in [2.24, 2.45) is 11.8 Å². The van der Waals surface area contributed by atoms with Crippen LogP contribution in [0.2, 0.25) is 0 Å². The largest absolute Gasteiger partial charge is 0.481 e. The van der Waals surface area contributed by atoms with Gasteiger partial charge in [-0.3, -0.25) is 9.59 Å². The number of nitrogens with zero attached hydrogens (tertiary/aromatic N) is 1. The van der Waals surface area contributed by atoms with Crippen molar-refractivity contribution in [2.75, 3.05) is 13.1 Å². The van der Waals surface area contributed by atoms with Crippen LogP contribution >= 0.6 is 0 Å². The van der Waals surface area contributed by atoms with Crippen LogP contribution in [0.5, 0.6) is 0 Å². The number of hydrogen-bond donors (Lipinski definition) is 1. The van der Waals surface area contributed by atoms with Crippen LogP contribution in [-0.4, -0.2) is 41.1 Å². The van der Waals surface area contributed by atoms with E-state index in [4.69, 9.17) is 9.84 Å². The Kier molecular flexibility index (Phi) is 4.64. The first-order valence-corrected chi connectivity index (χ1v) is 9.21. The third-order valence-corrected chi connectivity index (χ3v) is 5.65. The van der Waals surface area contributed by atoms with Gasteiger partial charge in [-0.25, -0.2) is 0 Å². The van der Waals surface area contributed by atoms with Gasteiger partial charge in [-0.15, -0.1) is 0 Å². The number of carboxylic acid groups (broad SMARTS) is 1. The van der Waals surface area contributed by atoms with Crippen molar-refractivity contribution in [1.82, 2.24) is 4.90 Å². The molecule has 5 nitrogen and oxygen atoms in total. The van der Waals surface area contributed by atoms with Gasteiger partial charge in [-0.2, -0.15) is 0 Å². The second kappa shape index (κ2) is 7.08. The molecule has 2 fully saturated rings. The molecule has 136 valence electrons. The van der Waals surface area contributed by atoms with Gasteiger partial charge < -0.3 is 14.7 Å². The van der Waals surface area contributed by atoms with Gasteiger partial charge in [-0.05, 0) is 35.6 Å². The van der Waals surface area contributed by atoms with Crippen molar-refractivity contribution in [3.05, 3.63) is 48.0 Å². The summed E-state index contributed by atoms with van der Waals surface area (Å²) in [5.41, 5.74) is 1.16. The van der Waals surface area contributed by atoms with Crippen molar-refractivity contribution in [2.45, 2.75) is 32.0 Å². The summed E-state index contributed by atoms with van der Waals surface area (Å²) in [7, 11) is 0. The fourth-order valence-electron chi connectivity index (χ4n) is 4.04. The van der Waals surface area contributed by atoms with Crippen LogP contribution in [0.1, 0.15) is 24.8 Å². The molecule has 5 heteroatoms. The number of amides is 1. The second-order valence-electron chi connectivity index (χ2n) is 7.36. The maximum absolute atomic E-state index is 12.5. The Balaban J connectivity index is 1.28. The van der Waals surface area contributed by atoms with Crippen LogP contribution in [0.4, 0.5) is 0 Å². The lowest BCUT2D eigenvalue weighted by molar-refractivity contribution is -0.150. The molecule has 2 atom stereocenters. The minimum Gasteiger partial charge on any atom is -0.481 e. The van der Waals surface area contributed by atoms with E-state index in [0.717, 1.165) is 5.56 Å². The normalized spacial score (nSPS) is 23.2. The zero-order valence-corrected chi connectivity index (χ0v) is 14.6. The van der Waals surface area contributed by atoms with Crippen LogP contribution in [0.15, 0.2) is 42.5 Å². The summed E-state index contributed by atoms with van der Waals surface area (Å²) >= 11 is 0. The first-order valence-electron chi connectivity index (χ1n) is 9.21. The molecule has 4 rings (SSSR count). The summed E-state index contributed by atoms with van der Waals surface area (Å²) in [6.45, 7) is 1.76. The molecule has 0 unspecified atom stereocenters. The lowest BCUT2D eigenvalue weighted by Crippen LogP contribution is -2.56. The standard InChI is InChI=1S/C21H23NO4/c23-20(15-8-9-16(10-15)21(24)25)22-11-18(12-22)26-13-17-6-3-5-14-4-1-2-7-19(14)17/h1-7,15-16,18H,8-13H2,(H,24,25)/t15-,16+/m0/s1. The van der Waals surface area contributed by atoms with E-state index in [1.165, 1.54) is 10.8 Å². The molecule has 2 aromatic carbocycles. The number of ether oxygens (including phenoxy) is 1. The zero-order valence-electron chi connectivity index (χ0n) is 14.6. The van der Waals surface area contributed by atoms with E-state index in [9.17, 15) is 9.59 Å². The third kappa shape index (κ3) is 3.31. The maximum atomic E-state index is 12.5. The van der Waals surface area contributed by atoms with Crippen molar-refractivity contribution < 1.29 is 19.4 Å². The number of carboxylic acids is 1. The number of likely N-dealkylation sites (tertiary alicyclic amines) is 1. The molecule has 1 heterocycles. The fourth-order valence-corrected chi connectivity index (χ4v) is 4.04. The molecule has 0 aromatic heterocycles. The van der Waals surface area contributed by atoms with Gasteiger partial charge in [0.2, 0.25) is 5.91 Å². The minimum atomic E-state index is -0.778. The number of benzene rings is 2. The van der Waals surface area contributed by atoms with Crippen molar-refractivity contribution in [1.29, 1.82) is 0 Å². The first-order chi connectivity index (χ1) is 12.6. The summed E-state index contributed by atoms with van der Waals surface area (Å²) in [6, 6.07) is 14.5. The lowest BCUT2D eigenvalue weighted by Gasteiger charge is -2.40. The van der Waals surface area contributed by atoms with E-state index >= 15 is 0 Å². The highest BCUT2D eigenvalue weighted by Crippen LogP contribution is 2.33. The van der Waals surface area contributed by atoms with E-state index in [-0.39, 0.29) is 23.8 Å². The topological polar surface area (TPSA) is 66.8 Å². The molecule has 0 spiro atoms. The number of fused-ring (bicyclic) bond motifs is 1. The number of carbonyl (C=O) groups excluding carboxylic acids is 1. The maximum Gasteiger partial charge on any atom is 0.306 e. The van der Waals surface area contributed by atoms with E-state index in [1.807, 2.05) is 23.1 Å². The minimum absolute atomic E-state index is 0.0644. The van der Waals surface area contributed by atoms with Crippen LogP contribution in [0.3, 0.4) is 0 Å². The van der Waals surface area contributed by atoms with Gasteiger partial charge in [0.15, 0.2) is 0 Å². The first kappa shape index (κ1) is 17.0. The highest BCUT2D eigenvalue weighted by molar-refractivity contribution is 5.85. The van der Waals surface area contributed by atoms with Crippen molar-refractivity contribution >= 4 is 22.6 Å². The van der Waals surface area contributed by atoms with Crippen molar-refractivity contribution in [3.8, 4) is 0 Å². The van der Waals surface area contributed by atoms with E-state index < -0.39 is 5.97 Å². The highest BCUT2D eigenvalue weighted by Gasteiger charge is 2.40. The van der Waals surface area contributed by atoms with Crippen LogP contribution < -0.4 is 0 Å². The fraction of sp³-hybridized carbons (Fsp3) is 0.429. The molecule has 1 aliphatic carbocycles. The Labute approximate surface area is 152 Å². The SMILES string of the molecule is O=C(O)[C@@H]1CC[C@H](C(=O)N2CC(OCc3cccc4ccccc34)C2)C1. The van der Waals surface area contributed by atoms with Crippen LogP contribution in [0.25, 0.3) is 10.8 Å².